The van der Waals surface area contributed by atoms with Crippen LogP contribution in [0.1, 0.15) is 21.9 Å². The summed E-state index contributed by atoms with van der Waals surface area (Å²) in [5.41, 5.74) is 3.34. The monoisotopic (exact) mass is 632 g/mol. The molecule has 5 aromatic rings. The Hall–Kier alpha value is -4.93. The summed E-state index contributed by atoms with van der Waals surface area (Å²) in [6.07, 6.45) is 9.16. The number of hydrogen-bond acceptors (Lipinski definition) is 12. The normalized spacial score (nSPS) is 14.5. The Kier molecular flexibility index (Phi) is 8.42. The molecule has 2 N–H and O–H groups in total. The summed E-state index contributed by atoms with van der Waals surface area (Å²) in [7, 11) is -0.478. The van der Waals surface area contributed by atoms with E-state index in [2.05, 4.69) is 50.9 Å². The number of anilines is 2. The topological polar surface area (TPSA) is 173 Å². The molecule has 6 rings (SSSR count). The number of nitrogens with one attached hydrogen (secondary N) is 2. The Morgan fingerprint density at radius 1 is 1.04 bits per heavy atom. The minimum absolute atomic E-state index is 0.104. The lowest BCUT2D eigenvalue weighted by molar-refractivity contribution is 0.102. The molecule has 1 aliphatic heterocycles. The summed E-state index contributed by atoms with van der Waals surface area (Å²) in [6, 6.07) is 7.26. The van der Waals surface area contributed by atoms with Crippen molar-refractivity contribution < 1.29 is 22.4 Å². The number of piperazine rings is 1. The number of carbonyl (C=O) groups is 1. The van der Waals surface area contributed by atoms with Crippen molar-refractivity contribution in [3.8, 4) is 17.1 Å². The van der Waals surface area contributed by atoms with Crippen LogP contribution in [0.25, 0.3) is 22.3 Å². The number of amides is 1. The highest BCUT2D eigenvalue weighted by molar-refractivity contribution is 7.92. The Morgan fingerprint density at radius 2 is 1.82 bits per heavy atom. The molecular weight excluding hydrogens is 600 g/mol. The largest absolute Gasteiger partial charge is 0.480 e. The molecule has 1 aliphatic rings. The second-order valence-electron chi connectivity index (χ2n) is 10.7. The van der Waals surface area contributed by atoms with Crippen molar-refractivity contribution in [2.75, 3.05) is 49.6 Å². The van der Waals surface area contributed by atoms with Gasteiger partial charge in [-0.2, -0.15) is 5.10 Å². The number of pyridine rings is 3. The van der Waals surface area contributed by atoms with E-state index in [4.69, 9.17) is 9.15 Å². The highest BCUT2D eigenvalue weighted by Crippen LogP contribution is 2.32. The Morgan fingerprint density at radius 3 is 2.53 bits per heavy atom. The van der Waals surface area contributed by atoms with Crippen molar-refractivity contribution in [1.82, 2.24) is 39.5 Å². The van der Waals surface area contributed by atoms with E-state index < -0.39 is 15.9 Å². The zero-order chi connectivity index (χ0) is 31.6. The van der Waals surface area contributed by atoms with Crippen LogP contribution < -0.4 is 14.8 Å². The van der Waals surface area contributed by atoms with E-state index in [0.717, 1.165) is 39.0 Å². The lowest BCUT2D eigenvalue weighted by Gasteiger charge is -2.33. The predicted octanol–water partition coefficient (Wildman–Crippen LogP) is 2.36. The van der Waals surface area contributed by atoms with Crippen LogP contribution in [0, 0.1) is 0 Å². The minimum Gasteiger partial charge on any atom is -0.480 e. The number of aryl methyl sites for hydroxylation is 1. The number of methoxy groups -OCH3 is 1. The number of sulfonamides is 1. The standard InChI is InChI=1S/C29H32N10O5S/c1-37-27-21(15-32-37)23(12-22(34-27)20-11-24(36-45(3,41)42)29(43-2)31-14-20)35-28(40)25-18-44-26(33-25)17-39-9-7-38(8-10-39)16-19-5-4-6-30-13-19/h4-6,11-15,18,36H,7-10,16-17H2,1-3H3,(H,34,35,40). The fourth-order valence-electron chi connectivity index (χ4n) is 5.11. The molecule has 1 amide bonds. The number of fused-ring (bicyclic) bond motifs is 1. The molecule has 0 spiro atoms. The Balaban J connectivity index is 1.16. The van der Waals surface area contributed by atoms with Gasteiger partial charge >= 0.3 is 0 Å². The van der Waals surface area contributed by atoms with Gasteiger partial charge in [0, 0.05) is 63.9 Å². The second-order valence-corrected chi connectivity index (χ2v) is 12.5. The van der Waals surface area contributed by atoms with Crippen LogP contribution in [0.4, 0.5) is 11.4 Å². The quantitative estimate of drug-likeness (QED) is 0.230. The number of hydrogen-bond donors (Lipinski definition) is 2. The molecule has 0 unspecified atom stereocenters. The zero-order valence-corrected chi connectivity index (χ0v) is 25.8. The van der Waals surface area contributed by atoms with Crippen LogP contribution >= 0.6 is 0 Å². The molecule has 0 radical (unpaired) electrons. The average molecular weight is 633 g/mol. The first kappa shape index (κ1) is 30.1. The third-order valence-electron chi connectivity index (χ3n) is 7.33. The van der Waals surface area contributed by atoms with Crippen LogP contribution in [-0.2, 0) is 30.2 Å². The maximum Gasteiger partial charge on any atom is 0.277 e. The van der Waals surface area contributed by atoms with Crippen LogP contribution in [0.2, 0.25) is 0 Å². The van der Waals surface area contributed by atoms with Crippen molar-refractivity contribution in [1.29, 1.82) is 0 Å². The number of carbonyl (C=O) groups excluding carboxylic acids is 1. The molecule has 0 aromatic carbocycles. The van der Waals surface area contributed by atoms with Gasteiger partial charge in [-0.1, -0.05) is 6.07 Å². The number of rotatable bonds is 10. The van der Waals surface area contributed by atoms with Gasteiger partial charge in [-0.05, 0) is 23.8 Å². The van der Waals surface area contributed by atoms with E-state index in [1.54, 1.807) is 36.3 Å². The molecule has 5 aromatic heterocycles. The fourth-order valence-corrected chi connectivity index (χ4v) is 5.66. The first-order valence-corrected chi connectivity index (χ1v) is 16.0. The molecule has 0 saturated carbocycles. The van der Waals surface area contributed by atoms with Crippen molar-refractivity contribution in [3.05, 3.63) is 72.5 Å². The van der Waals surface area contributed by atoms with Gasteiger partial charge in [-0.3, -0.25) is 29.0 Å². The van der Waals surface area contributed by atoms with Crippen molar-refractivity contribution in [2.45, 2.75) is 13.1 Å². The summed E-state index contributed by atoms with van der Waals surface area (Å²) in [5, 5.41) is 7.81. The Bertz CT molecular complexity index is 1940. The minimum atomic E-state index is -3.60. The highest BCUT2D eigenvalue weighted by atomic mass is 32.2. The first-order valence-electron chi connectivity index (χ1n) is 14.1. The van der Waals surface area contributed by atoms with E-state index >= 15 is 0 Å². The molecule has 6 heterocycles. The number of oxazole rings is 1. The van der Waals surface area contributed by atoms with E-state index in [1.807, 2.05) is 12.3 Å². The van der Waals surface area contributed by atoms with E-state index in [-0.39, 0.29) is 17.3 Å². The van der Waals surface area contributed by atoms with E-state index in [1.165, 1.54) is 25.1 Å². The molecule has 15 nitrogen and oxygen atoms in total. The summed E-state index contributed by atoms with van der Waals surface area (Å²) >= 11 is 0. The zero-order valence-electron chi connectivity index (χ0n) is 25.0. The Labute approximate surface area is 259 Å². The van der Waals surface area contributed by atoms with Crippen LogP contribution in [-0.4, -0.2) is 93.4 Å². The van der Waals surface area contributed by atoms with Gasteiger partial charge in [0.2, 0.25) is 21.8 Å². The SMILES string of the molecule is COc1ncc(-c2cc(NC(=O)c3coc(CN4CCN(Cc5cccnc5)CC4)n3)c3cnn(C)c3n2)cc1NS(C)(=O)=O. The smallest absolute Gasteiger partial charge is 0.277 e. The van der Waals surface area contributed by atoms with Gasteiger partial charge < -0.3 is 14.5 Å². The van der Waals surface area contributed by atoms with Gasteiger partial charge in [0.05, 0.1) is 42.9 Å². The molecule has 0 aliphatic carbocycles. The fraction of sp³-hybridized carbons (Fsp3) is 0.310. The average Bonchev–Trinajstić information content (AvgIpc) is 3.64. The predicted molar refractivity (Wildman–Crippen MR) is 166 cm³/mol. The van der Waals surface area contributed by atoms with Crippen LogP contribution in [0.3, 0.4) is 0 Å². The van der Waals surface area contributed by atoms with Crippen molar-refractivity contribution in [2.24, 2.45) is 7.05 Å². The van der Waals surface area contributed by atoms with Crippen LogP contribution in [0.15, 0.2) is 59.7 Å². The van der Waals surface area contributed by atoms with Crippen molar-refractivity contribution >= 4 is 38.3 Å². The lowest BCUT2D eigenvalue weighted by atomic mass is 10.1. The van der Waals surface area contributed by atoms with Gasteiger partial charge in [0.15, 0.2) is 11.3 Å². The van der Waals surface area contributed by atoms with Crippen molar-refractivity contribution in [3.63, 3.8) is 0 Å². The number of nitrogens with zero attached hydrogens (tertiary/aromatic N) is 8. The second kappa shape index (κ2) is 12.6. The van der Waals surface area contributed by atoms with Gasteiger partial charge in [0.25, 0.3) is 5.91 Å². The summed E-state index contributed by atoms with van der Waals surface area (Å²) in [4.78, 5) is 35.5. The van der Waals surface area contributed by atoms with E-state index in [9.17, 15) is 13.2 Å². The molecule has 0 bridgehead atoms. The van der Waals surface area contributed by atoms with Gasteiger partial charge in [-0.25, -0.2) is 23.4 Å². The molecule has 16 heteroatoms. The summed E-state index contributed by atoms with van der Waals surface area (Å²) in [5.74, 6) is 0.103. The maximum absolute atomic E-state index is 13.3. The highest BCUT2D eigenvalue weighted by Gasteiger charge is 2.22. The lowest BCUT2D eigenvalue weighted by Crippen LogP contribution is -2.45. The molecule has 234 valence electrons. The number of aromatic nitrogens is 6. The first-order chi connectivity index (χ1) is 21.6. The van der Waals surface area contributed by atoms with Gasteiger partial charge in [-0.15, -0.1) is 0 Å². The summed E-state index contributed by atoms with van der Waals surface area (Å²) in [6.45, 7) is 4.87. The third-order valence-corrected chi connectivity index (χ3v) is 7.92. The van der Waals surface area contributed by atoms with E-state index in [0.29, 0.717) is 40.4 Å². The summed E-state index contributed by atoms with van der Waals surface area (Å²) < 4.78 is 38.7. The molecular formula is C29H32N10O5S. The van der Waals surface area contributed by atoms with Crippen LogP contribution in [0.5, 0.6) is 5.88 Å². The maximum atomic E-state index is 13.3. The van der Waals surface area contributed by atoms with Gasteiger partial charge in [0.1, 0.15) is 12.0 Å². The molecule has 1 saturated heterocycles. The molecule has 0 atom stereocenters. The number of ether oxygens (including phenoxy) is 1. The molecule has 1 fully saturated rings. The third kappa shape index (κ3) is 7.08. The molecule has 45 heavy (non-hydrogen) atoms.